The van der Waals surface area contributed by atoms with Crippen molar-refractivity contribution in [2.24, 2.45) is 5.92 Å². The van der Waals surface area contributed by atoms with E-state index in [4.69, 9.17) is 11.6 Å². The summed E-state index contributed by atoms with van der Waals surface area (Å²) in [5.74, 6) is -0.769. The van der Waals surface area contributed by atoms with Crippen LogP contribution in [0.1, 0.15) is 26.3 Å². The average molecular weight is 351 g/mol. The van der Waals surface area contributed by atoms with Crippen molar-refractivity contribution in [3.8, 4) is 0 Å². The molecule has 0 aliphatic heterocycles. The van der Waals surface area contributed by atoms with Crippen LogP contribution in [0.3, 0.4) is 0 Å². The molecule has 2 amide bonds. The maximum absolute atomic E-state index is 12.9. The van der Waals surface area contributed by atoms with Gasteiger partial charge in [0.2, 0.25) is 11.8 Å². The number of carbonyl (C=O) groups excluding carboxylic acids is 2. The van der Waals surface area contributed by atoms with E-state index in [2.05, 4.69) is 5.32 Å². The van der Waals surface area contributed by atoms with Crippen LogP contribution in [0.5, 0.6) is 0 Å². The Hall–Kier alpha value is -1.76. The summed E-state index contributed by atoms with van der Waals surface area (Å²) in [6.45, 7) is 5.03. The van der Waals surface area contributed by atoms with Crippen LogP contribution in [0.4, 0.5) is 18.9 Å². The largest absolute Gasteiger partial charge is 0.417 e. The van der Waals surface area contributed by atoms with Crippen molar-refractivity contribution < 1.29 is 22.8 Å². The molecule has 0 radical (unpaired) electrons. The fourth-order valence-electron chi connectivity index (χ4n) is 1.80. The second kappa shape index (κ2) is 7.68. The van der Waals surface area contributed by atoms with Crippen molar-refractivity contribution in [1.29, 1.82) is 0 Å². The van der Waals surface area contributed by atoms with Crippen LogP contribution in [0.2, 0.25) is 5.02 Å². The minimum Gasteiger partial charge on any atom is -0.354 e. The molecular weight excluding hydrogens is 333 g/mol. The van der Waals surface area contributed by atoms with Gasteiger partial charge >= 0.3 is 6.18 Å². The number of nitrogens with one attached hydrogen (secondary N) is 1. The number of hydrogen-bond acceptors (Lipinski definition) is 2. The molecule has 4 nitrogen and oxygen atoms in total. The highest BCUT2D eigenvalue weighted by molar-refractivity contribution is 6.31. The molecular formula is C15H18ClF3N2O2. The number of alkyl halides is 3. The Labute approximate surface area is 137 Å². The fraction of sp³-hybridized carbons (Fsp3) is 0.467. The van der Waals surface area contributed by atoms with Crippen molar-refractivity contribution in [1.82, 2.24) is 5.32 Å². The van der Waals surface area contributed by atoms with E-state index >= 15 is 0 Å². The van der Waals surface area contributed by atoms with E-state index in [9.17, 15) is 22.8 Å². The van der Waals surface area contributed by atoms with Crippen molar-refractivity contribution >= 4 is 29.1 Å². The van der Waals surface area contributed by atoms with E-state index in [1.165, 1.54) is 13.0 Å². The van der Waals surface area contributed by atoms with E-state index in [0.717, 1.165) is 17.0 Å². The summed E-state index contributed by atoms with van der Waals surface area (Å²) in [6.07, 6.45) is -4.64. The predicted octanol–water partition coefficient (Wildman–Crippen LogP) is 3.48. The number of benzene rings is 1. The second-order valence-electron chi connectivity index (χ2n) is 5.46. The van der Waals surface area contributed by atoms with Crippen LogP contribution < -0.4 is 10.2 Å². The third-order valence-corrected chi connectivity index (χ3v) is 3.29. The minimum atomic E-state index is -4.64. The summed E-state index contributed by atoms with van der Waals surface area (Å²) in [5, 5.41) is 2.15. The molecule has 0 atom stereocenters. The number of nitrogens with zero attached hydrogens (tertiary/aromatic N) is 1. The van der Waals surface area contributed by atoms with Crippen LogP contribution in [0.25, 0.3) is 0 Å². The molecule has 1 aromatic rings. The number of halogens is 4. The Morgan fingerprint density at radius 2 is 1.91 bits per heavy atom. The molecule has 1 N–H and O–H groups in total. The van der Waals surface area contributed by atoms with Gasteiger partial charge in [-0.15, -0.1) is 0 Å². The maximum Gasteiger partial charge on any atom is 0.417 e. The first kappa shape index (κ1) is 19.3. The van der Waals surface area contributed by atoms with Gasteiger partial charge < -0.3 is 10.2 Å². The van der Waals surface area contributed by atoms with Gasteiger partial charge in [0.25, 0.3) is 0 Å². The first-order valence-corrected chi connectivity index (χ1v) is 7.31. The molecule has 128 valence electrons. The SMILES string of the molecule is CC(=O)N(CC(=O)NCC(C)C)c1ccc(Cl)c(C(F)(F)F)c1. The third kappa shape index (κ3) is 5.74. The second-order valence-corrected chi connectivity index (χ2v) is 5.87. The number of amides is 2. The summed E-state index contributed by atoms with van der Waals surface area (Å²) in [6, 6.07) is 3.09. The zero-order valence-corrected chi connectivity index (χ0v) is 13.8. The van der Waals surface area contributed by atoms with Crippen molar-refractivity contribution in [2.45, 2.75) is 26.9 Å². The lowest BCUT2D eigenvalue weighted by Gasteiger charge is -2.22. The van der Waals surface area contributed by atoms with Crippen molar-refractivity contribution in [2.75, 3.05) is 18.0 Å². The Morgan fingerprint density at radius 1 is 1.30 bits per heavy atom. The van der Waals surface area contributed by atoms with Gasteiger partial charge in [-0.2, -0.15) is 13.2 Å². The predicted molar refractivity (Wildman–Crippen MR) is 82.3 cm³/mol. The Kier molecular flexibility index (Phi) is 6.44. The lowest BCUT2D eigenvalue weighted by Crippen LogP contribution is -2.41. The third-order valence-electron chi connectivity index (χ3n) is 2.96. The molecule has 8 heteroatoms. The summed E-state index contributed by atoms with van der Waals surface area (Å²) >= 11 is 5.55. The van der Waals surface area contributed by atoms with Gasteiger partial charge in [0, 0.05) is 19.2 Å². The van der Waals surface area contributed by atoms with Gasteiger partial charge in [0.15, 0.2) is 0 Å². The van der Waals surface area contributed by atoms with Crippen LogP contribution in [-0.4, -0.2) is 24.9 Å². The van der Waals surface area contributed by atoms with Crippen LogP contribution in [0, 0.1) is 5.92 Å². The summed E-state index contributed by atoms with van der Waals surface area (Å²) in [4.78, 5) is 24.5. The van der Waals surface area contributed by atoms with Gasteiger partial charge in [0.1, 0.15) is 6.54 Å². The molecule has 0 heterocycles. The molecule has 0 aliphatic carbocycles. The smallest absolute Gasteiger partial charge is 0.354 e. The number of anilines is 1. The molecule has 0 aliphatic rings. The highest BCUT2D eigenvalue weighted by Crippen LogP contribution is 2.36. The van der Waals surface area contributed by atoms with Crippen LogP contribution >= 0.6 is 11.6 Å². The van der Waals surface area contributed by atoms with E-state index < -0.39 is 28.6 Å². The average Bonchev–Trinajstić information content (AvgIpc) is 2.41. The molecule has 0 saturated carbocycles. The zero-order valence-electron chi connectivity index (χ0n) is 13.0. The molecule has 0 unspecified atom stereocenters. The topological polar surface area (TPSA) is 49.4 Å². The summed E-state index contributed by atoms with van der Waals surface area (Å²) < 4.78 is 38.7. The number of carbonyl (C=O) groups is 2. The van der Waals surface area contributed by atoms with Crippen molar-refractivity contribution in [3.05, 3.63) is 28.8 Å². The first-order chi connectivity index (χ1) is 10.5. The molecule has 0 fully saturated rings. The number of hydrogen-bond donors (Lipinski definition) is 1. The standard InChI is InChI=1S/C15H18ClF3N2O2/c1-9(2)7-20-14(23)8-21(10(3)22)11-4-5-13(16)12(6-11)15(17,18)19/h4-6,9H,7-8H2,1-3H3,(H,20,23). The first-order valence-electron chi connectivity index (χ1n) is 6.94. The molecule has 0 bridgehead atoms. The Bertz CT molecular complexity index is 589. The summed E-state index contributed by atoms with van der Waals surface area (Å²) in [7, 11) is 0. The molecule has 23 heavy (non-hydrogen) atoms. The normalized spacial score (nSPS) is 11.5. The van der Waals surface area contributed by atoms with E-state index in [1.807, 2.05) is 13.8 Å². The molecule has 1 rings (SSSR count). The highest BCUT2D eigenvalue weighted by Gasteiger charge is 2.34. The van der Waals surface area contributed by atoms with Gasteiger partial charge in [-0.3, -0.25) is 9.59 Å². The monoisotopic (exact) mass is 350 g/mol. The van der Waals surface area contributed by atoms with Crippen LogP contribution in [0.15, 0.2) is 18.2 Å². The lowest BCUT2D eigenvalue weighted by atomic mass is 10.1. The quantitative estimate of drug-likeness (QED) is 0.883. The molecule has 0 spiro atoms. The maximum atomic E-state index is 12.9. The van der Waals surface area contributed by atoms with Gasteiger partial charge in [0.05, 0.1) is 10.6 Å². The minimum absolute atomic E-state index is 0.0334. The van der Waals surface area contributed by atoms with E-state index in [0.29, 0.717) is 6.54 Å². The van der Waals surface area contributed by atoms with Crippen molar-refractivity contribution in [3.63, 3.8) is 0 Å². The fourth-order valence-corrected chi connectivity index (χ4v) is 2.02. The number of rotatable bonds is 5. The van der Waals surface area contributed by atoms with Gasteiger partial charge in [-0.05, 0) is 24.1 Å². The Morgan fingerprint density at radius 3 is 2.39 bits per heavy atom. The van der Waals surface area contributed by atoms with Gasteiger partial charge in [-0.1, -0.05) is 25.4 Å². The molecule has 0 aromatic heterocycles. The molecule has 0 saturated heterocycles. The summed E-state index contributed by atoms with van der Waals surface area (Å²) in [5.41, 5.74) is -1.08. The molecule has 1 aromatic carbocycles. The van der Waals surface area contributed by atoms with Gasteiger partial charge in [-0.25, -0.2) is 0 Å². The van der Waals surface area contributed by atoms with Crippen LogP contribution in [-0.2, 0) is 15.8 Å². The van der Waals surface area contributed by atoms with E-state index in [-0.39, 0.29) is 18.2 Å². The van der Waals surface area contributed by atoms with E-state index in [1.54, 1.807) is 0 Å². The highest BCUT2D eigenvalue weighted by atomic mass is 35.5. The zero-order chi connectivity index (χ0) is 17.8. The Balaban J connectivity index is 3.03. The lowest BCUT2D eigenvalue weighted by molar-refractivity contribution is -0.137.